The molecule has 0 radical (unpaired) electrons. The van der Waals surface area contributed by atoms with E-state index in [1.54, 1.807) is 18.3 Å². The second-order valence-electron chi connectivity index (χ2n) is 4.33. The Labute approximate surface area is 119 Å². The van der Waals surface area contributed by atoms with Crippen molar-refractivity contribution >= 4 is 28.9 Å². The van der Waals surface area contributed by atoms with Gasteiger partial charge in [0.25, 0.3) is 11.1 Å². The first-order chi connectivity index (χ1) is 9.63. The average molecular weight is 288 g/mol. The van der Waals surface area contributed by atoms with Gasteiger partial charge >= 0.3 is 0 Å². The van der Waals surface area contributed by atoms with Crippen LogP contribution in [0.15, 0.2) is 34.0 Å². The molecule has 20 heavy (non-hydrogen) atoms. The second-order valence-corrected chi connectivity index (χ2v) is 5.25. The van der Waals surface area contributed by atoms with Crippen LogP contribution in [0.25, 0.3) is 11.2 Å². The molecule has 0 aromatic carbocycles. The minimum atomic E-state index is -0.101. The summed E-state index contributed by atoms with van der Waals surface area (Å²) in [5.74, 6) is 0.116. The van der Waals surface area contributed by atoms with E-state index in [1.807, 2.05) is 19.9 Å². The molecule has 0 bridgehead atoms. The SMILES string of the molecule is Cc1cc(C)n(C(=O)CSc2nc3ncccc3o2)n1. The highest BCUT2D eigenvalue weighted by molar-refractivity contribution is 7.99. The van der Waals surface area contributed by atoms with Crippen LogP contribution in [-0.2, 0) is 0 Å². The smallest absolute Gasteiger partial charge is 0.258 e. The van der Waals surface area contributed by atoms with Gasteiger partial charge in [0.2, 0.25) is 0 Å². The molecule has 3 rings (SSSR count). The van der Waals surface area contributed by atoms with Gasteiger partial charge in [0.05, 0.1) is 11.4 Å². The zero-order valence-corrected chi connectivity index (χ0v) is 11.8. The zero-order chi connectivity index (χ0) is 14.1. The number of carbonyl (C=O) groups is 1. The molecule has 3 heterocycles. The maximum atomic E-state index is 12.1. The van der Waals surface area contributed by atoms with E-state index in [-0.39, 0.29) is 11.7 Å². The quantitative estimate of drug-likeness (QED) is 0.689. The Balaban J connectivity index is 1.73. The molecule has 102 valence electrons. The molecule has 0 aliphatic rings. The van der Waals surface area contributed by atoms with Crippen LogP contribution in [0, 0.1) is 13.8 Å². The van der Waals surface area contributed by atoms with Crippen molar-refractivity contribution in [2.75, 3.05) is 5.75 Å². The highest BCUT2D eigenvalue weighted by Gasteiger charge is 2.13. The Hall–Kier alpha value is -2.15. The average Bonchev–Trinajstić information content (AvgIpc) is 2.98. The number of fused-ring (bicyclic) bond motifs is 1. The number of oxazole rings is 1. The van der Waals surface area contributed by atoms with Crippen molar-refractivity contribution in [3.8, 4) is 0 Å². The third-order valence-corrected chi connectivity index (χ3v) is 3.52. The predicted molar refractivity (Wildman–Crippen MR) is 74.9 cm³/mol. The second kappa shape index (κ2) is 5.09. The molecule has 7 heteroatoms. The van der Waals surface area contributed by atoms with Crippen LogP contribution in [-0.4, -0.2) is 31.4 Å². The maximum Gasteiger partial charge on any atom is 0.258 e. The van der Waals surface area contributed by atoms with Gasteiger partial charge in [-0.15, -0.1) is 0 Å². The first-order valence-corrected chi connectivity index (χ1v) is 7.03. The van der Waals surface area contributed by atoms with Crippen molar-refractivity contribution in [3.05, 3.63) is 35.8 Å². The van der Waals surface area contributed by atoms with Crippen LogP contribution in [0.3, 0.4) is 0 Å². The predicted octanol–water partition coefficient (Wildman–Crippen LogP) is 2.47. The fraction of sp³-hybridized carbons (Fsp3) is 0.231. The first-order valence-electron chi connectivity index (χ1n) is 6.04. The van der Waals surface area contributed by atoms with Gasteiger partial charge in [-0.05, 0) is 32.0 Å². The molecule has 3 aromatic heterocycles. The van der Waals surface area contributed by atoms with Gasteiger partial charge in [0, 0.05) is 11.9 Å². The van der Waals surface area contributed by atoms with Gasteiger partial charge in [0.15, 0.2) is 11.2 Å². The third-order valence-electron chi connectivity index (χ3n) is 2.71. The minimum absolute atomic E-state index is 0.101. The number of hydrogen-bond acceptors (Lipinski definition) is 6. The highest BCUT2D eigenvalue weighted by atomic mass is 32.2. The number of aromatic nitrogens is 4. The first kappa shape index (κ1) is 12.9. The molecule has 0 aliphatic carbocycles. The van der Waals surface area contributed by atoms with Crippen LogP contribution in [0.4, 0.5) is 0 Å². The summed E-state index contributed by atoms with van der Waals surface area (Å²) >= 11 is 1.24. The summed E-state index contributed by atoms with van der Waals surface area (Å²) in [5.41, 5.74) is 2.82. The van der Waals surface area contributed by atoms with Gasteiger partial charge in [-0.3, -0.25) is 4.79 Å². The van der Waals surface area contributed by atoms with Gasteiger partial charge in [-0.25, -0.2) is 9.67 Å². The molecule has 0 saturated carbocycles. The van der Waals surface area contributed by atoms with Crippen molar-refractivity contribution < 1.29 is 9.21 Å². The van der Waals surface area contributed by atoms with Crippen LogP contribution in [0.5, 0.6) is 0 Å². The van der Waals surface area contributed by atoms with Crippen molar-refractivity contribution in [2.45, 2.75) is 19.1 Å². The summed E-state index contributed by atoms with van der Waals surface area (Å²) in [6.45, 7) is 3.71. The highest BCUT2D eigenvalue weighted by Crippen LogP contribution is 2.22. The molecule has 6 nitrogen and oxygen atoms in total. The number of nitrogens with zero attached hydrogens (tertiary/aromatic N) is 4. The lowest BCUT2D eigenvalue weighted by Crippen LogP contribution is -2.16. The van der Waals surface area contributed by atoms with E-state index in [0.717, 1.165) is 11.4 Å². The third kappa shape index (κ3) is 2.44. The number of carbonyl (C=O) groups excluding carboxylic acids is 1. The molecule has 3 aromatic rings. The lowest BCUT2D eigenvalue weighted by molar-refractivity contribution is 0.0923. The van der Waals surface area contributed by atoms with E-state index in [0.29, 0.717) is 16.5 Å². The standard InChI is InChI=1S/C13H12N4O2S/c1-8-6-9(2)17(16-8)11(18)7-20-13-15-12-10(19-13)4-3-5-14-12/h3-6H,7H2,1-2H3. The molecular weight excluding hydrogens is 276 g/mol. The number of hydrogen-bond donors (Lipinski definition) is 0. The Kier molecular flexibility index (Phi) is 3.27. The fourth-order valence-electron chi connectivity index (χ4n) is 1.88. The summed E-state index contributed by atoms with van der Waals surface area (Å²) < 4.78 is 6.90. The van der Waals surface area contributed by atoms with Crippen LogP contribution in [0.2, 0.25) is 0 Å². The fourth-order valence-corrected chi connectivity index (χ4v) is 2.55. The molecule has 0 aliphatic heterocycles. The van der Waals surface area contributed by atoms with Crippen LogP contribution in [0.1, 0.15) is 16.2 Å². The van der Waals surface area contributed by atoms with Crippen molar-refractivity contribution in [3.63, 3.8) is 0 Å². The van der Waals surface area contributed by atoms with E-state index in [1.165, 1.54) is 16.4 Å². The molecule has 0 spiro atoms. The van der Waals surface area contributed by atoms with Crippen LogP contribution < -0.4 is 0 Å². The Morgan fingerprint density at radius 2 is 2.30 bits per heavy atom. The lowest BCUT2D eigenvalue weighted by Gasteiger charge is -2.00. The number of aryl methyl sites for hydroxylation is 2. The van der Waals surface area contributed by atoms with E-state index in [9.17, 15) is 4.79 Å². The Bertz CT molecular complexity index is 745. The molecular formula is C13H12N4O2S. The number of thioether (sulfide) groups is 1. The van der Waals surface area contributed by atoms with Gasteiger partial charge in [-0.2, -0.15) is 10.1 Å². The minimum Gasteiger partial charge on any atom is -0.430 e. The molecule has 0 unspecified atom stereocenters. The van der Waals surface area contributed by atoms with E-state index in [4.69, 9.17) is 4.42 Å². The van der Waals surface area contributed by atoms with E-state index >= 15 is 0 Å². The summed E-state index contributed by atoms with van der Waals surface area (Å²) in [6.07, 6.45) is 1.65. The summed E-state index contributed by atoms with van der Waals surface area (Å²) in [4.78, 5) is 20.4. The van der Waals surface area contributed by atoms with Crippen molar-refractivity contribution in [2.24, 2.45) is 0 Å². The van der Waals surface area contributed by atoms with Crippen molar-refractivity contribution in [1.82, 2.24) is 19.7 Å². The lowest BCUT2D eigenvalue weighted by atomic mass is 10.4. The summed E-state index contributed by atoms with van der Waals surface area (Å²) in [7, 11) is 0. The Morgan fingerprint density at radius 3 is 3.00 bits per heavy atom. The van der Waals surface area contributed by atoms with Gasteiger partial charge in [0.1, 0.15) is 0 Å². The van der Waals surface area contributed by atoms with Gasteiger partial charge < -0.3 is 4.42 Å². The van der Waals surface area contributed by atoms with Gasteiger partial charge in [-0.1, -0.05) is 11.8 Å². The summed E-state index contributed by atoms with van der Waals surface area (Å²) in [5, 5.41) is 4.59. The number of pyridine rings is 1. The number of rotatable bonds is 3. The monoisotopic (exact) mass is 288 g/mol. The Morgan fingerprint density at radius 1 is 1.45 bits per heavy atom. The molecule has 0 amide bonds. The topological polar surface area (TPSA) is 73.8 Å². The van der Waals surface area contributed by atoms with Crippen molar-refractivity contribution in [1.29, 1.82) is 0 Å². The normalized spacial score (nSPS) is 11.1. The molecule has 0 N–H and O–H groups in total. The van der Waals surface area contributed by atoms with E-state index < -0.39 is 0 Å². The van der Waals surface area contributed by atoms with E-state index in [2.05, 4.69) is 15.1 Å². The molecule has 0 fully saturated rings. The zero-order valence-electron chi connectivity index (χ0n) is 11.0. The largest absolute Gasteiger partial charge is 0.430 e. The molecule has 0 atom stereocenters. The maximum absolute atomic E-state index is 12.1. The molecule has 0 saturated heterocycles. The van der Waals surface area contributed by atoms with Crippen LogP contribution >= 0.6 is 11.8 Å². The summed E-state index contributed by atoms with van der Waals surface area (Å²) in [6, 6.07) is 5.44.